The Hall–Kier alpha value is -1.44. The number of aliphatic hydroxyl groups excluding tert-OH is 1. The lowest BCUT2D eigenvalue weighted by atomic mass is 10.2. The molecule has 0 aliphatic rings. The summed E-state index contributed by atoms with van der Waals surface area (Å²) in [6.45, 7) is -0.121. The summed E-state index contributed by atoms with van der Waals surface area (Å²) in [7, 11) is -3.13. The van der Waals surface area contributed by atoms with E-state index in [0.29, 0.717) is 11.3 Å². The number of nitrogens with one attached hydrogen (secondary N) is 1. The SMILES string of the molecule is CS(=O)(=O)CCC(N)C(=O)Nc1cccc(CO)c1. The molecule has 0 fully saturated rings. The molecule has 0 saturated heterocycles. The van der Waals surface area contributed by atoms with Crippen molar-refractivity contribution in [1.82, 2.24) is 0 Å². The number of hydrogen-bond donors (Lipinski definition) is 3. The van der Waals surface area contributed by atoms with Crippen LogP contribution in [0.25, 0.3) is 0 Å². The van der Waals surface area contributed by atoms with Crippen molar-refractivity contribution in [2.24, 2.45) is 5.73 Å². The number of amides is 1. The summed E-state index contributed by atoms with van der Waals surface area (Å²) >= 11 is 0. The summed E-state index contributed by atoms with van der Waals surface area (Å²) in [5, 5.41) is 11.6. The second-order valence-electron chi connectivity index (χ2n) is 4.37. The van der Waals surface area contributed by atoms with Crippen molar-refractivity contribution >= 4 is 21.4 Å². The fourth-order valence-electron chi connectivity index (χ4n) is 1.45. The van der Waals surface area contributed by atoms with Gasteiger partial charge >= 0.3 is 0 Å². The molecule has 6 nitrogen and oxygen atoms in total. The zero-order valence-electron chi connectivity index (χ0n) is 10.7. The molecular weight excluding hydrogens is 268 g/mol. The zero-order valence-corrected chi connectivity index (χ0v) is 11.5. The summed E-state index contributed by atoms with van der Waals surface area (Å²) < 4.78 is 22.0. The lowest BCUT2D eigenvalue weighted by Crippen LogP contribution is -2.37. The van der Waals surface area contributed by atoms with Crippen molar-refractivity contribution < 1.29 is 18.3 Å². The Kier molecular flexibility index (Phi) is 5.46. The van der Waals surface area contributed by atoms with Gasteiger partial charge in [0, 0.05) is 11.9 Å². The molecule has 0 radical (unpaired) electrons. The van der Waals surface area contributed by atoms with E-state index in [1.54, 1.807) is 24.3 Å². The van der Waals surface area contributed by atoms with E-state index in [1.165, 1.54) is 0 Å². The molecule has 0 saturated carbocycles. The maximum atomic E-state index is 11.7. The van der Waals surface area contributed by atoms with E-state index in [9.17, 15) is 13.2 Å². The molecule has 0 spiro atoms. The molecule has 1 atom stereocenters. The Morgan fingerprint density at radius 2 is 2.16 bits per heavy atom. The van der Waals surface area contributed by atoms with Crippen LogP contribution in [0.5, 0.6) is 0 Å². The number of rotatable bonds is 6. The Balaban J connectivity index is 2.58. The number of carbonyl (C=O) groups excluding carboxylic acids is 1. The molecule has 0 heterocycles. The standard InChI is InChI=1S/C12H18N2O4S/c1-19(17,18)6-5-11(13)12(16)14-10-4-2-3-9(7-10)8-15/h2-4,7,11,15H,5-6,8,13H2,1H3,(H,14,16). The molecule has 1 rings (SSSR count). The van der Waals surface area contributed by atoms with Gasteiger partial charge in [-0.15, -0.1) is 0 Å². The van der Waals surface area contributed by atoms with Gasteiger partial charge in [-0.2, -0.15) is 0 Å². The number of anilines is 1. The van der Waals surface area contributed by atoms with Gasteiger partial charge in [0.05, 0.1) is 18.4 Å². The van der Waals surface area contributed by atoms with Crippen molar-refractivity contribution in [2.75, 3.05) is 17.3 Å². The van der Waals surface area contributed by atoms with Gasteiger partial charge in [-0.05, 0) is 24.1 Å². The molecule has 0 bridgehead atoms. The van der Waals surface area contributed by atoms with E-state index in [0.717, 1.165) is 6.26 Å². The van der Waals surface area contributed by atoms with Crippen molar-refractivity contribution in [1.29, 1.82) is 0 Å². The number of benzene rings is 1. The maximum Gasteiger partial charge on any atom is 0.241 e. The minimum absolute atomic E-state index is 0.0738. The maximum absolute atomic E-state index is 11.7. The van der Waals surface area contributed by atoms with Gasteiger partial charge in [0.25, 0.3) is 0 Å². The predicted molar refractivity (Wildman–Crippen MR) is 73.3 cm³/mol. The highest BCUT2D eigenvalue weighted by molar-refractivity contribution is 7.90. The minimum atomic E-state index is -3.13. The smallest absolute Gasteiger partial charge is 0.241 e. The van der Waals surface area contributed by atoms with Crippen LogP contribution in [0.15, 0.2) is 24.3 Å². The van der Waals surface area contributed by atoms with Crippen LogP contribution in [0.1, 0.15) is 12.0 Å². The van der Waals surface area contributed by atoms with E-state index in [1.807, 2.05) is 0 Å². The Bertz CT molecular complexity index is 542. The molecule has 19 heavy (non-hydrogen) atoms. The van der Waals surface area contributed by atoms with E-state index < -0.39 is 21.8 Å². The van der Waals surface area contributed by atoms with Crippen LogP contribution in [0.2, 0.25) is 0 Å². The molecule has 4 N–H and O–H groups in total. The number of aliphatic hydroxyl groups is 1. The van der Waals surface area contributed by atoms with Crippen molar-refractivity contribution in [3.63, 3.8) is 0 Å². The molecule has 1 unspecified atom stereocenters. The van der Waals surface area contributed by atoms with Gasteiger partial charge in [0.1, 0.15) is 9.84 Å². The summed E-state index contributed by atoms with van der Waals surface area (Å²) in [5.74, 6) is -0.572. The van der Waals surface area contributed by atoms with Crippen LogP contribution in [-0.4, -0.2) is 37.5 Å². The minimum Gasteiger partial charge on any atom is -0.392 e. The summed E-state index contributed by atoms with van der Waals surface area (Å²) in [4.78, 5) is 11.7. The lowest BCUT2D eigenvalue weighted by molar-refractivity contribution is -0.117. The summed E-state index contributed by atoms with van der Waals surface area (Å²) in [5.41, 5.74) is 6.81. The molecule has 1 amide bonds. The molecule has 106 valence electrons. The largest absolute Gasteiger partial charge is 0.392 e. The first-order chi connectivity index (χ1) is 8.81. The normalized spacial score (nSPS) is 13.0. The first kappa shape index (κ1) is 15.6. The van der Waals surface area contributed by atoms with E-state index in [2.05, 4.69) is 5.32 Å². The average molecular weight is 286 g/mol. The first-order valence-electron chi connectivity index (χ1n) is 5.76. The van der Waals surface area contributed by atoms with Gasteiger partial charge in [0.15, 0.2) is 0 Å². The average Bonchev–Trinajstić information content (AvgIpc) is 2.35. The molecular formula is C12H18N2O4S. The summed E-state index contributed by atoms with van der Waals surface area (Å²) in [6, 6.07) is 5.83. The van der Waals surface area contributed by atoms with E-state index >= 15 is 0 Å². The fraction of sp³-hybridized carbons (Fsp3) is 0.417. The third-order valence-electron chi connectivity index (χ3n) is 2.51. The first-order valence-corrected chi connectivity index (χ1v) is 7.82. The fourth-order valence-corrected chi connectivity index (χ4v) is 2.14. The van der Waals surface area contributed by atoms with Crippen LogP contribution in [0, 0.1) is 0 Å². The Morgan fingerprint density at radius 3 is 2.74 bits per heavy atom. The number of carbonyl (C=O) groups is 1. The van der Waals surface area contributed by atoms with E-state index in [-0.39, 0.29) is 18.8 Å². The van der Waals surface area contributed by atoms with Gasteiger partial charge in [-0.1, -0.05) is 12.1 Å². The molecule has 0 aliphatic carbocycles. The highest BCUT2D eigenvalue weighted by atomic mass is 32.2. The predicted octanol–water partition coefficient (Wildman–Crippen LogP) is -0.121. The van der Waals surface area contributed by atoms with Crippen LogP contribution in [0.4, 0.5) is 5.69 Å². The number of hydrogen-bond acceptors (Lipinski definition) is 5. The highest BCUT2D eigenvalue weighted by Crippen LogP contribution is 2.11. The van der Waals surface area contributed by atoms with Crippen LogP contribution in [0.3, 0.4) is 0 Å². The topological polar surface area (TPSA) is 109 Å². The second kappa shape index (κ2) is 6.65. The molecule has 0 aliphatic heterocycles. The monoisotopic (exact) mass is 286 g/mol. The third-order valence-corrected chi connectivity index (χ3v) is 3.49. The van der Waals surface area contributed by atoms with Crippen LogP contribution in [-0.2, 0) is 21.2 Å². The summed E-state index contributed by atoms with van der Waals surface area (Å²) in [6.07, 6.45) is 1.17. The zero-order chi connectivity index (χ0) is 14.5. The number of sulfone groups is 1. The lowest BCUT2D eigenvalue weighted by Gasteiger charge is -2.12. The molecule has 1 aromatic carbocycles. The van der Waals surface area contributed by atoms with Gasteiger partial charge in [0.2, 0.25) is 5.91 Å². The van der Waals surface area contributed by atoms with E-state index in [4.69, 9.17) is 10.8 Å². The van der Waals surface area contributed by atoms with Crippen LogP contribution >= 0.6 is 0 Å². The highest BCUT2D eigenvalue weighted by Gasteiger charge is 2.16. The van der Waals surface area contributed by atoms with Gasteiger partial charge < -0.3 is 16.2 Å². The quantitative estimate of drug-likeness (QED) is 0.675. The third kappa shape index (κ3) is 5.82. The van der Waals surface area contributed by atoms with Gasteiger partial charge in [-0.3, -0.25) is 4.79 Å². The Labute approximate surface area is 112 Å². The molecule has 7 heteroatoms. The van der Waals surface area contributed by atoms with Crippen molar-refractivity contribution in [3.8, 4) is 0 Å². The van der Waals surface area contributed by atoms with Gasteiger partial charge in [-0.25, -0.2) is 8.42 Å². The van der Waals surface area contributed by atoms with Crippen molar-refractivity contribution in [2.45, 2.75) is 19.1 Å². The van der Waals surface area contributed by atoms with Crippen LogP contribution < -0.4 is 11.1 Å². The molecule has 0 aromatic heterocycles. The second-order valence-corrected chi connectivity index (χ2v) is 6.63. The number of nitrogens with two attached hydrogens (primary N) is 1. The van der Waals surface area contributed by atoms with Crippen molar-refractivity contribution in [3.05, 3.63) is 29.8 Å². The molecule has 1 aromatic rings. The Morgan fingerprint density at radius 1 is 1.47 bits per heavy atom.